The van der Waals surface area contributed by atoms with Gasteiger partial charge in [-0.15, -0.1) is 0 Å². The van der Waals surface area contributed by atoms with Crippen LogP contribution in [0.3, 0.4) is 0 Å². The number of amides is 2. The van der Waals surface area contributed by atoms with E-state index in [0.717, 1.165) is 23.6 Å². The van der Waals surface area contributed by atoms with Crippen molar-refractivity contribution < 1.29 is 4.79 Å². The average Bonchev–Trinajstić information content (AvgIpc) is 2.36. The molecule has 0 radical (unpaired) electrons. The highest BCUT2D eigenvalue weighted by Gasteiger charge is 2.27. The molecule has 2 amide bonds. The molecule has 1 heterocycles. The quantitative estimate of drug-likeness (QED) is 0.807. The number of carbonyl (C=O) groups is 1. The maximum atomic E-state index is 13.2. The molecule has 0 saturated heterocycles. The van der Waals surface area contributed by atoms with Gasteiger partial charge in [-0.1, -0.05) is 0 Å². The van der Waals surface area contributed by atoms with E-state index >= 15 is 0 Å². The first kappa shape index (κ1) is 19.4. The maximum Gasteiger partial charge on any atom is 0.326 e. The van der Waals surface area contributed by atoms with Gasteiger partial charge < -0.3 is 9.80 Å². The fraction of sp³-hybridized carbons (Fsp3) is 0.667. The van der Waals surface area contributed by atoms with Gasteiger partial charge in [-0.25, -0.2) is 9.78 Å². The number of urea groups is 1. The van der Waals surface area contributed by atoms with Crippen LogP contribution < -0.4 is 4.90 Å². The molecule has 0 N–H and O–H groups in total. The molecule has 1 aromatic heterocycles. The van der Waals surface area contributed by atoms with E-state index in [9.17, 15) is 4.79 Å². The summed E-state index contributed by atoms with van der Waals surface area (Å²) in [5.74, 6) is 0.737. The molecule has 0 aliphatic heterocycles. The van der Waals surface area contributed by atoms with Gasteiger partial charge in [0.05, 0.1) is 0 Å². The minimum absolute atomic E-state index is 0.0225. The van der Waals surface area contributed by atoms with Crippen molar-refractivity contribution in [2.45, 2.75) is 53.6 Å². The molecule has 0 saturated carbocycles. The number of nitrogens with zero attached hydrogens (tertiary/aromatic N) is 4. The molecule has 130 valence electrons. The lowest BCUT2D eigenvalue weighted by atomic mass is 10.2. The van der Waals surface area contributed by atoms with Crippen LogP contribution in [-0.2, 0) is 0 Å². The van der Waals surface area contributed by atoms with Crippen molar-refractivity contribution in [3.8, 4) is 0 Å². The van der Waals surface area contributed by atoms with Crippen molar-refractivity contribution >= 4 is 11.8 Å². The Morgan fingerprint density at radius 3 is 2.04 bits per heavy atom. The van der Waals surface area contributed by atoms with Gasteiger partial charge in [0, 0.05) is 30.9 Å². The lowest BCUT2D eigenvalue weighted by molar-refractivity contribution is 0.170. The molecule has 23 heavy (non-hydrogen) atoms. The lowest BCUT2D eigenvalue weighted by Gasteiger charge is -2.36. The predicted molar refractivity (Wildman–Crippen MR) is 97.1 cm³/mol. The van der Waals surface area contributed by atoms with Crippen molar-refractivity contribution in [1.29, 1.82) is 0 Å². The van der Waals surface area contributed by atoms with Gasteiger partial charge >= 0.3 is 6.03 Å². The first-order valence-electron chi connectivity index (χ1n) is 8.33. The summed E-state index contributed by atoms with van der Waals surface area (Å²) in [6.07, 6.45) is 0. The van der Waals surface area contributed by atoms with Crippen molar-refractivity contribution in [2.24, 2.45) is 0 Å². The molecule has 0 aliphatic rings. The Bertz CT molecular complexity index is 498. The van der Waals surface area contributed by atoms with Crippen molar-refractivity contribution in [2.75, 3.05) is 32.1 Å². The number of hydrogen-bond donors (Lipinski definition) is 0. The minimum Gasteiger partial charge on any atom is -0.319 e. The van der Waals surface area contributed by atoms with Gasteiger partial charge in [-0.05, 0) is 73.3 Å². The molecule has 0 spiro atoms. The normalized spacial score (nSPS) is 11.4. The van der Waals surface area contributed by atoms with E-state index in [1.165, 1.54) is 0 Å². The molecular formula is C18H32N4O. The highest BCUT2D eigenvalue weighted by atomic mass is 16.2. The average molecular weight is 320 g/mol. The molecule has 0 atom stereocenters. The SMILES string of the molecule is Cc1cc(C)nc(N(CCN(C)C)C(=O)N(C(C)C)C(C)C)c1. The van der Waals surface area contributed by atoms with Crippen molar-refractivity contribution in [1.82, 2.24) is 14.8 Å². The Hall–Kier alpha value is -1.62. The van der Waals surface area contributed by atoms with Crippen LogP contribution in [-0.4, -0.2) is 60.1 Å². The number of aryl methyl sites for hydroxylation is 2. The third-order valence-corrected chi connectivity index (χ3v) is 3.70. The highest BCUT2D eigenvalue weighted by Crippen LogP contribution is 2.19. The number of anilines is 1. The Kier molecular flexibility index (Phi) is 7.01. The summed E-state index contributed by atoms with van der Waals surface area (Å²) in [5.41, 5.74) is 2.05. The number of aromatic nitrogens is 1. The molecule has 5 nitrogen and oxygen atoms in total. The summed E-state index contributed by atoms with van der Waals surface area (Å²) in [5, 5.41) is 0. The van der Waals surface area contributed by atoms with E-state index in [1.54, 1.807) is 4.90 Å². The fourth-order valence-electron chi connectivity index (χ4n) is 2.74. The van der Waals surface area contributed by atoms with Crippen LogP contribution in [0.25, 0.3) is 0 Å². The summed E-state index contributed by atoms with van der Waals surface area (Å²) >= 11 is 0. The smallest absolute Gasteiger partial charge is 0.319 e. The van der Waals surface area contributed by atoms with Gasteiger partial charge in [0.2, 0.25) is 0 Å². The van der Waals surface area contributed by atoms with Gasteiger partial charge in [0.15, 0.2) is 0 Å². The second-order valence-electron chi connectivity index (χ2n) is 6.98. The number of hydrogen-bond acceptors (Lipinski definition) is 3. The van der Waals surface area contributed by atoms with E-state index in [2.05, 4.69) is 37.6 Å². The standard InChI is InChI=1S/C18H32N4O/c1-13(2)22(14(3)4)18(23)21(10-9-20(7)8)17-12-15(5)11-16(6)19-17/h11-14H,9-10H2,1-8H3. The first-order chi connectivity index (χ1) is 10.6. The zero-order valence-corrected chi connectivity index (χ0v) is 15.9. The Morgan fingerprint density at radius 1 is 1.04 bits per heavy atom. The van der Waals surface area contributed by atoms with E-state index in [0.29, 0.717) is 6.54 Å². The Labute approximate surface area is 141 Å². The predicted octanol–water partition coefficient (Wildman–Crippen LogP) is 3.31. The van der Waals surface area contributed by atoms with Crippen molar-refractivity contribution in [3.63, 3.8) is 0 Å². The highest BCUT2D eigenvalue weighted by molar-refractivity contribution is 5.91. The fourth-order valence-corrected chi connectivity index (χ4v) is 2.74. The molecule has 1 aromatic rings. The molecule has 5 heteroatoms. The zero-order chi connectivity index (χ0) is 17.7. The van der Waals surface area contributed by atoms with Crippen LogP contribution in [0.15, 0.2) is 12.1 Å². The monoisotopic (exact) mass is 320 g/mol. The molecule has 0 aliphatic carbocycles. The topological polar surface area (TPSA) is 39.7 Å². The number of rotatable bonds is 6. The van der Waals surface area contributed by atoms with E-state index in [-0.39, 0.29) is 18.1 Å². The van der Waals surface area contributed by atoms with Crippen LogP contribution in [0.1, 0.15) is 39.0 Å². The van der Waals surface area contributed by atoms with E-state index < -0.39 is 0 Å². The van der Waals surface area contributed by atoms with Gasteiger partial charge in [-0.3, -0.25) is 4.90 Å². The van der Waals surface area contributed by atoms with Crippen LogP contribution in [0.2, 0.25) is 0 Å². The molecule has 0 aromatic carbocycles. The molecule has 0 fully saturated rings. The van der Waals surface area contributed by atoms with Crippen LogP contribution >= 0.6 is 0 Å². The molecule has 0 unspecified atom stereocenters. The largest absolute Gasteiger partial charge is 0.326 e. The lowest BCUT2D eigenvalue weighted by Crippen LogP contribution is -2.51. The van der Waals surface area contributed by atoms with Crippen LogP contribution in [0.5, 0.6) is 0 Å². The summed E-state index contributed by atoms with van der Waals surface area (Å²) in [4.78, 5) is 23.5. The second kappa shape index (κ2) is 8.29. The van der Waals surface area contributed by atoms with Gasteiger partial charge in [0.1, 0.15) is 5.82 Å². The summed E-state index contributed by atoms with van der Waals surface area (Å²) in [6, 6.07) is 4.33. The number of carbonyl (C=O) groups excluding carboxylic acids is 1. The Balaban J connectivity index is 3.20. The molecule has 0 bridgehead atoms. The van der Waals surface area contributed by atoms with E-state index in [4.69, 9.17) is 0 Å². The molecular weight excluding hydrogens is 288 g/mol. The van der Waals surface area contributed by atoms with Crippen LogP contribution in [0, 0.1) is 13.8 Å². The second-order valence-corrected chi connectivity index (χ2v) is 6.98. The number of pyridine rings is 1. The summed E-state index contributed by atoms with van der Waals surface area (Å²) < 4.78 is 0. The van der Waals surface area contributed by atoms with E-state index in [1.807, 2.05) is 45.0 Å². The Morgan fingerprint density at radius 2 is 1.61 bits per heavy atom. The van der Waals surface area contributed by atoms with Gasteiger partial charge in [-0.2, -0.15) is 0 Å². The minimum atomic E-state index is 0.0225. The third kappa shape index (κ3) is 5.50. The maximum absolute atomic E-state index is 13.2. The summed E-state index contributed by atoms with van der Waals surface area (Å²) in [6.45, 7) is 13.6. The first-order valence-corrected chi connectivity index (χ1v) is 8.33. The van der Waals surface area contributed by atoms with Crippen LogP contribution in [0.4, 0.5) is 10.6 Å². The van der Waals surface area contributed by atoms with Gasteiger partial charge in [0.25, 0.3) is 0 Å². The van der Waals surface area contributed by atoms with Crippen molar-refractivity contribution in [3.05, 3.63) is 23.4 Å². The third-order valence-electron chi connectivity index (χ3n) is 3.70. The summed E-state index contributed by atoms with van der Waals surface area (Å²) in [7, 11) is 4.03. The zero-order valence-electron chi connectivity index (χ0n) is 15.9. The molecule has 1 rings (SSSR count). The number of likely N-dealkylation sites (N-methyl/N-ethyl adjacent to an activating group) is 1.